The standard InChI is InChI=1S/C12H15BrF2N2/c1-8-6-11(9(13)7-10(8)16)17-4-2-12(14,15)3-5-17/h6-7H,2-5,16H2,1H3. The molecular weight excluding hydrogens is 290 g/mol. The molecule has 2 N–H and O–H groups in total. The van der Waals surface area contributed by atoms with E-state index in [1.807, 2.05) is 24.0 Å². The monoisotopic (exact) mass is 304 g/mol. The number of piperidine rings is 1. The van der Waals surface area contributed by atoms with Crippen LogP contribution in [0, 0.1) is 6.92 Å². The first-order valence-corrected chi connectivity index (χ1v) is 6.37. The highest BCUT2D eigenvalue weighted by Gasteiger charge is 2.34. The molecule has 1 aliphatic heterocycles. The van der Waals surface area contributed by atoms with Gasteiger partial charge in [-0.05, 0) is 40.5 Å². The lowest BCUT2D eigenvalue weighted by atomic mass is 10.1. The number of alkyl halides is 2. The largest absolute Gasteiger partial charge is 0.398 e. The van der Waals surface area contributed by atoms with E-state index in [-0.39, 0.29) is 12.8 Å². The number of rotatable bonds is 1. The Balaban J connectivity index is 2.21. The molecule has 2 rings (SSSR count). The Morgan fingerprint density at radius 1 is 1.29 bits per heavy atom. The zero-order valence-corrected chi connectivity index (χ0v) is 11.2. The minimum atomic E-state index is -2.51. The van der Waals surface area contributed by atoms with Crippen molar-refractivity contribution in [3.05, 3.63) is 22.2 Å². The van der Waals surface area contributed by atoms with Crippen LogP contribution in [-0.2, 0) is 0 Å². The van der Waals surface area contributed by atoms with Crippen LogP contribution >= 0.6 is 15.9 Å². The van der Waals surface area contributed by atoms with E-state index < -0.39 is 5.92 Å². The lowest BCUT2D eigenvalue weighted by molar-refractivity contribution is -0.0220. The molecule has 94 valence electrons. The van der Waals surface area contributed by atoms with Gasteiger partial charge < -0.3 is 10.6 Å². The van der Waals surface area contributed by atoms with E-state index in [9.17, 15) is 8.78 Å². The van der Waals surface area contributed by atoms with Crippen LogP contribution in [0.3, 0.4) is 0 Å². The van der Waals surface area contributed by atoms with Gasteiger partial charge in [0.2, 0.25) is 0 Å². The Labute approximate surface area is 108 Å². The number of halogens is 3. The molecule has 0 atom stereocenters. The number of nitrogen functional groups attached to an aromatic ring is 1. The van der Waals surface area contributed by atoms with Gasteiger partial charge in [-0.2, -0.15) is 0 Å². The predicted octanol–water partition coefficient (Wildman–Crippen LogP) is 3.58. The van der Waals surface area contributed by atoms with Crippen molar-refractivity contribution in [2.75, 3.05) is 23.7 Å². The summed E-state index contributed by atoms with van der Waals surface area (Å²) in [5.74, 6) is -2.51. The summed E-state index contributed by atoms with van der Waals surface area (Å²) in [6, 6.07) is 3.78. The molecule has 0 bridgehead atoms. The Morgan fingerprint density at radius 3 is 2.47 bits per heavy atom. The first-order valence-electron chi connectivity index (χ1n) is 5.57. The minimum Gasteiger partial charge on any atom is -0.398 e. The molecule has 1 heterocycles. The van der Waals surface area contributed by atoms with Gasteiger partial charge in [0.05, 0.1) is 5.69 Å². The third-order valence-corrected chi connectivity index (χ3v) is 3.81. The fraction of sp³-hybridized carbons (Fsp3) is 0.500. The quantitative estimate of drug-likeness (QED) is 0.804. The molecule has 1 aliphatic rings. The van der Waals surface area contributed by atoms with Crippen LogP contribution in [-0.4, -0.2) is 19.0 Å². The first kappa shape index (κ1) is 12.6. The second kappa shape index (κ2) is 4.44. The van der Waals surface area contributed by atoms with E-state index in [0.717, 1.165) is 15.7 Å². The third-order valence-electron chi connectivity index (χ3n) is 3.17. The number of nitrogens with two attached hydrogens (primary N) is 1. The molecule has 1 aromatic carbocycles. The molecule has 2 nitrogen and oxygen atoms in total. The van der Waals surface area contributed by atoms with Gasteiger partial charge in [-0.3, -0.25) is 0 Å². The van der Waals surface area contributed by atoms with Crippen LogP contribution in [0.25, 0.3) is 0 Å². The lowest BCUT2D eigenvalue weighted by Crippen LogP contribution is -2.39. The molecule has 0 radical (unpaired) electrons. The maximum Gasteiger partial charge on any atom is 0.251 e. The summed E-state index contributed by atoms with van der Waals surface area (Å²) in [4.78, 5) is 1.98. The van der Waals surface area contributed by atoms with Crippen LogP contribution in [0.5, 0.6) is 0 Å². The van der Waals surface area contributed by atoms with E-state index in [1.165, 1.54) is 0 Å². The topological polar surface area (TPSA) is 29.3 Å². The summed E-state index contributed by atoms with van der Waals surface area (Å²) >= 11 is 3.44. The van der Waals surface area contributed by atoms with Crippen LogP contribution in [0.4, 0.5) is 20.2 Å². The van der Waals surface area contributed by atoms with Gasteiger partial charge in [0.1, 0.15) is 0 Å². The maximum atomic E-state index is 13.1. The Hall–Kier alpha value is -0.840. The fourth-order valence-electron chi connectivity index (χ4n) is 2.00. The fourth-order valence-corrected chi connectivity index (χ4v) is 2.61. The molecule has 17 heavy (non-hydrogen) atoms. The highest BCUT2D eigenvalue weighted by molar-refractivity contribution is 9.10. The highest BCUT2D eigenvalue weighted by Crippen LogP contribution is 2.35. The molecular formula is C12H15BrF2N2. The molecule has 1 fully saturated rings. The number of hydrogen-bond acceptors (Lipinski definition) is 2. The zero-order chi connectivity index (χ0) is 12.6. The molecule has 0 unspecified atom stereocenters. The molecule has 1 aromatic rings. The number of aryl methyl sites for hydroxylation is 1. The van der Waals surface area contributed by atoms with Gasteiger partial charge in [-0.1, -0.05) is 0 Å². The van der Waals surface area contributed by atoms with Gasteiger partial charge >= 0.3 is 0 Å². The van der Waals surface area contributed by atoms with Gasteiger partial charge in [0, 0.05) is 36.1 Å². The second-order valence-corrected chi connectivity index (χ2v) is 5.36. The van der Waals surface area contributed by atoms with E-state index in [4.69, 9.17) is 5.73 Å². The summed E-state index contributed by atoms with van der Waals surface area (Å²) in [5, 5.41) is 0. The van der Waals surface area contributed by atoms with Crippen molar-refractivity contribution in [2.45, 2.75) is 25.7 Å². The Morgan fingerprint density at radius 2 is 1.88 bits per heavy atom. The van der Waals surface area contributed by atoms with E-state index in [2.05, 4.69) is 15.9 Å². The summed E-state index contributed by atoms with van der Waals surface area (Å²) < 4.78 is 27.0. The average Bonchev–Trinajstić information content (AvgIpc) is 2.24. The smallest absolute Gasteiger partial charge is 0.251 e. The van der Waals surface area contributed by atoms with Gasteiger partial charge in [0.25, 0.3) is 5.92 Å². The van der Waals surface area contributed by atoms with Crippen molar-refractivity contribution >= 4 is 27.3 Å². The van der Waals surface area contributed by atoms with Crippen LogP contribution in [0.1, 0.15) is 18.4 Å². The van der Waals surface area contributed by atoms with Crippen molar-refractivity contribution in [2.24, 2.45) is 0 Å². The third kappa shape index (κ3) is 2.70. The van der Waals surface area contributed by atoms with Crippen LogP contribution in [0.15, 0.2) is 16.6 Å². The maximum absolute atomic E-state index is 13.1. The number of nitrogens with zero attached hydrogens (tertiary/aromatic N) is 1. The predicted molar refractivity (Wildman–Crippen MR) is 69.7 cm³/mol. The molecule has 0 amide bonds. The molecule has 0 aromatic heterocycles. The molecule has 0 spiro atoms. The molecule has 1 saturated heterocycles. The van der Waals surface area contributed by atoms with E-state index in [0.29, 0.717) is 18.8 Å². The summed E-state index contributed by atoms with van der Waals surface area (Å²) in [6.07, 6.45) is -0.161. The van der Waals surface area contributed by atoms with Crippen molar-refractivity contribution < 1.29 is 8.78 Å². The first-order chi connectivity index (χ1) is 7.89. The van der Waals surface area contributed by atoms with E-state index >= 15 is 0 Å². The summed E-state index contributed by atoms with van der Waals surface area (Å²) in [7, 11) is 0. The SMILES string of the molecule is Cc1cc(N2CCC(F)(F)CC2)c(Br)cc1N. The lowest BCUT2D eigenvalue weighted by Gasteiger charge is -2.34. The number of hydrogen-bond donors (Lipinski definition) is 1. The average molecular weight is 305 g/mol. The minimum absolute atomic E-state index is 0.0805. The molecule has 0 saturated carbocycles. The van der Waals surface area contributed by atoms with Gasteiger partial charge in [-0.25, -0.2) is 8.78 Å². The number of anilines is 2. The van der Waals surface area contributed by atoms with Gasteiger partial charge in [0.15, 0.2) is 0 Å². The van der Waals surface area contributed by atoms with Crippen molar-refractivity contribution in [3.63, 3.8) is 0 Å². The van der Waals surface area contributed by atoms with Crippen molar-refractivity contribution in [1.29, 1.82) is 0 Å². The van der Waals surface area contributed by atoms with Crippen molar-refractivity contribution in [1.82, 2.24) is 0 Å². The summed E-state index contributed by atoms with van der Waals surface area (Å²) in [6.45, 7) is 2.69. The summed E-state index contributed by atoms with van der Waals surface area (Å²) in [5.41, 5.74) is 8.43. The Bertz CT molecular complexity index is 425. The van der Waals surface area contributed by atoms with Crippen LogP contribution < -0.4 is 10.6 Å². The van der Waals surface area contributed by atoms with Gasteiger partial charge in [-0.15, -0.1) is 0 Å². The molecule has 5 heteroatoms. The van der Waals surface area contributed by atoms with Crippen LogP contribution in [0.2, 0.25) is 0 Å². The van der Waals surface area contributed by atoms with Crippen molar-refractivity contribution in [3.8, 4) is 0 Å². The number of benzene rings is 1. The highest BCUT2D eigenvalue weighted by atomic mass is 79.9. The Kier molecular flexibility index (Phi) is 3.30. The normalized spacial score (nSPS) is 19.4. The zero-order valence-electron chi connectivity index (χ0n) is 9.64. The molecule has 0 aliphatic carbocycles. The second-order valence-electron chi connectivity index (χ2n) is 4.50. The van der Waals surface area contributed by atoms with E-state index in [1.54, 1.807) is 0 Å².